The summed E-state index contributed by atoms with van der Waals surface area (Å²) < 4.78 is 0. The molecule has 0 atom stereocenters. The van der Waals surface area contributed by atoms with Gasteiger partial charge in [-0.05, 0) is 54.4 Å². The monoisotopic (exact) mass is 341 g/mol. The van der Waals surface area contributed by atoms with E-state index in [2.05, 4.69) is 33.4 Å². The minimum absolute atomic E-state index is 0.158. The summed E-state index contributed by atoms with van der Waals surface area (Å²) in [4.78, 5) is 12.0. The maximum atomic E-state index is 12.0. The topological polar surface area (TPSA) is 29.1 Å². The molecule has 0 unspecified atom stereocenters. The van der Waals surface area contributed by atoms with Gasteiger partial charge in [-0.2, -0.15) is 11.8 Å². The zero-order valence-corrected chi connectivity index (χ0v) is 13.4. The van der Waals surface area contributed by atoms with Gasteiger partial charge in [-0.15, -0.1) is 0 Å². The number of thioether (sulfide) groups is 1. The number of alkyl halides is 1. The number of amides is 1. The first kappa shape index (κ1) is 14.9. The third-order valence-corrected chi connectivity index (χ3v) is 4.88. The predicted octanol–water partition coefficient (Wildman–Crippen LogP) is 4.10. The largest absolute Gasteiger partial charge is 0.326 e. The van der Waals surface area contributed by atoms with Crippen LogP contribution >= 0.6 is 27.7 Å². The van der Waals surface area contributed by atoms with Gasteiger partial charge in [-0.25, -0.2) is 0 Å². The van der Waals surface area contributed by atoms with Crippen LogP contribution in [0.25, 0.3) is 0 Å². The molecule has 1 heterocycles. The normalized spacial score (nSPS) is 16.3. The van der Waals surface area contributed by atoms with Crippen molar-refractivity contribution in [2.24, 2.45) is 5.92 Å². The Hall–Kier alpha value is -0.480. The Bertz CT molecular complexity index is 401. The Balaban J connectivity index is 1.80. The van der Waals surface area contributed by atoms with Crippen LogP contribution in [0.5, 0.6) is 0 Å². The van der Waals surface area contributed by atoms with Crippen LogP contribution in [-0.2, 0) is 11.2 Å². The van der Waals surface area contributed by atoms with Gasteiger partial charge in [0.1, 0.15) is 0 Å². The molecule has 2 nitrogen and oxygen atoms in total. The molecule has 0 aliphatic carbocycles. The second kappa shape index (κ2) is 7.95. The number of benzene rings is 1. The molecule has 0 spiro atoms. The van der Waals surface area contributed by atoms with E-state index in [1.54, 1.807) is 0 Å². The number of carbonyl (C=O) groups excluding carboxylic acids is 1. The van der Waals surface area contributed by atoms with E-state index < -0.39 is 0 Å². The summed E-state index contributed by atoms with van der Waals surface area (Å²) in [6, 6.07) is 8.14. The summed E-state index contributed by atoms with van der Waals surface area (Å²) in [5.41, 5.74) is 2.20. The number of aryl methyl sites for hydroxylation is 1. The summed E-state index contributed by atoms with van der Waals surface area (Å²) in [7, 11) is 0. The molecule has 0 saturated carbocycles. The van der Waals surface area contributed by atoms with E-state index in [1.807, 2.05) is 23.9 Å². The lowest BCUT2D eigenvalue weighted by Crippen LogP contribution is -2.19. The van der Waals surface area contributed by atoms with Gasteiger partial charge < -0.3 is 5.32 Å². The van der Waals surface area contributed by atoms with Gasteiger partial charge in [-0.1, -0.05) is 28.1 Å². The van der Waals surface area contributed by atoms with E-state index in [4.69, 9.17) is 0 Å². The first-order valence-corrected chi connectivity index (χ1v) is 9.08. The fraction of sp³-hybridized carbons (Fsp3) is 0.533. The lowest BCUT2D eigenvalue weighted by molar-refractivity contribution is -0.117. The molecule has 2 rings (SSSR count). The van der Waals surface area contributed by atoms with Crippen molar-refractivity contribution in [1.82, 2.24) is 0 Å². The molecule has 0 bridgehead atoms. The zero-order valence-electron chi connectivity index (χ0n) is 11.0. The van der Waals surface area contributed by atoms with Crippen LogP contribution in [0.4, 0.5) is 5.69 Å². The summed E-state index contributed by atoms with van der Waals surface area (Å²) in [5, 5.41) is 3.97. The lowest BCUT2D eigenvalue weighted by atomic mass is 9.98. The minimum atomic E-state index is 0.158. The van der Waals surface area contributed by atoms with Crippen LogP contribution in [0.2, 0.25) is 0 Å². The SMILES string of the molecule is O=C(CC1CCSCC1)Nc1ccc(CCBr)cc1. The van der Waals surface area contributed by atoms with Crippen molar-refractivity contribution in [2.45, 2.75) is 25.7 Å². The maximum absolute atomic E-state index is 12.0. The molecule has 0 radical (unpaired) electrons. The van der Waals surface area contributed by atoms with Gasteiger partial charge in [0.25, 0.3) is 0 Å². The second-order valence-corrected chi connectivity index (χ2v) is 6.96. The summed E-state index contributed by atoms with van der Waals surface area (Å²) in [5.74, 6) is 3.15. The highest BCUT2D eigenvalue weighted by molar-refractivity contribution is 9.09. The van der Waals surface area contributed by atoms with Crippen molar-refractivity contribution in [2.75, 3.05) is 22.2 Å². The third kappa shape index (κ3) is 5.19. The number of hydrogen-bond acceptors (Lipinski definition) is 2. The van der Waals surface area contributed by atoms with Crippen LogP contribution < -0.4 is 5.32 Å². The Morgan fingerprint density at radius 1 is 1.26 bits per heavy atom. The molecular formula is C15H20BrNOS. The standard InChI is InChI=1S/C15H20BrNOS/c16-8-5-12-1-3-14(4-2-12)17-15(18)11-13-6-9-19-10-7-13/h1-4,13H,5-11H2,(H,17,18). The van der Waals surface area contributed by atoms with E-state index in [0.29, 0.717) is 12.3 Å². The fourth-order valence-electron chi connectivity index (χ4n) is 2.29. The smallest absolute Gasteiger partial charge is 0.224 e. The highest BCUT2D eigenvalue weighted by Crippen LogP contribution is 2.25. The molecule has 1 N–H and O–H groups in total. The van der Waals surface area contributed by atoms with Crippen molar-refractivity contribution in [3.05, 3.63) is 29.8 Å². The number of halogens is 1. The minimum Gasteiger partial charge on any atom is -0.326 e. The van der Waals surface area contributed by atoms with E-state index in [1.165, 1.54) is 29.9 Å². The number of nitrogens with one attached hydrogen (secondary N) is 1. The number of carbonyl (C=O) groups is 1. The molecule has 4 heteroatoms. The summed E-state index contributed by atoms with van der Waals surface area (Å²) in [6.45, 7) is 0. The van der Waals surface area contributed by atoms with Crippen molar-refractivity contribution >= 4 is 39.3 Å². The molecule has 1 fully saturated rings. The maximum Gasteiger partial charge on any atom is 0.224 e. The van der Waals surface area contributed by atoms with Crippen molar-refractivity contribution in [3.8, 4) is 0 Å². The van der Waals surface area contributed by atoms with E-state index >= 15 is 0 Å². The molecule has 1 aliphatic rings. The molecule has 1 aliphatic heterocycles. The van der Waals surface area contributed by atoms with Crippen LogP contribution in [-0.4, -0.2) is 22.7 Å². The molecular weight excluding hydrogens is 322 g/mol. The molecule has 1 aromatic rings. The lowest BCUT2D eigenvalue weighted by Gasteiger charge is -2.20. The molecule has 104 valence electrons. The number of hydrogen-bond donors (Lipinski definition) is 1. The highest BCUT2D eigenvalue weighted by atomic mass is 79.9. The highest BCUT2D eigenvalue weighted by Gasteiger charge is 2.17. The first-order valence-electron chi connectivity index (χ1n) is 6.80. The second-order valence-electron chi connectivity index (χ2n) is 4.94. The zero-order chi connectivity index (χ0) is 13.5. The molecule has 19 heavy (non-hydrogen) atoms. The quantitative estimate of drug-likeness (QED) is 0.817. The van der Waals surface area contributed by atoms with Crippen LogP contribution in [0.15, 0.2) is 24.3 Å². The van der Waals surface area contributed by atoms with Crippen LogP contribution in [0.1, 0.15) is 24.8 Å². The third-order valence-electron chi connectivity index (χ3n) is 3.44. The van der Waals surface area contributed by atoms with Gasteiger partial charge in [0.15, 0.2) is 0 Å². The van der Waals surface area contributed by atoms with Gasteiger partial charge in [0.05, 0.1) is 0 Å². The van der Waals surface area contributed by atoms with Gasteiger partial charge in [-0.3, -0.25) is 4.79 Å². The Kier molecular flexibility index (Phi) is 6.24. The number of rotatable bonds is 5. The van der Waals surface area contributed by atoms with Crippen molar-refractivity contribution in [3.63, 3.8) is 0 Å². The van der Waals surface area contributed by atoms with Crippen LogP contribution in [0, 0.1) is 5.92 Å². The predicted molar refractivity (Wildman–Crippen MR) is 87.2 cm³/mol. The molecule has 1 aromatic carbocycles. The van der Waals surface area contributed by atoms with Crippen molar-refractivity contribution in [1.29, 1.82) is 0 Å². The fourth-order valence-corrected chi connectivity index (χ4v) is 3.95. The average Bonchev–Trinajstić information content (AvgIpc) is 2.42. The Morgan fingerprint density at radius 3 is 2.58 bits per heavy atom. The molecule has 1 saturated heterocycles. The molecule has 0 aromatic heterocycles. The van der Waals surface area contributed by atoms with Gasteiger partial charge >= 0.3 is 0 Å². The summed E-state index contributed by atoms with van der Waals surface area (Å²) >= 11 is 5.43. The van der Waals surface area contributed by atoms with E-state index in [-0.39, 0.29) is 5.91 Å². The molecule has 1 amide bonds. The van der Waals surface area contributed by atoms with Crippen LogP contribution in [0.3, 0.4) is 0 Å². The summed E-state index contributed by atoms with van der Waals surface area (Å²) in [6.07, 6.45) is 4.06. The average molecular weight is 342 g/mol. The van der Waals surface area contributed by atoms with Gasteiger partial charge in [0.2, 0.25) is 5.91 Å². The Labute approximate surface area is 127 Å². The first-order chi connectivity index (χ1) is 9.28. The number of anilines is 1. The van der Waals surface area contributed by atoms with Gasteiger partial charge in [0, 0.05) is 17.4 Å². The Morgan fingerprint density at radius 2 is 1.95 bits per heavy atom. The van der Waals surface area contributed by atoms with E-state index in [0.717, 1.165) is 17.4 Å². The van der Waals surface area contributed by atoms with E-state index in [9.17, 15) is 4.79 Å². The van der Waals surface area contributed by atoms with Crippen molar-refractivity contribution < 1.29 is 4.79 Å².